The molecule has 0 radical (unpaired) electrons. The van der Waals surface area contributed by atoms with Gasteiger partial charge in [0.15, 0.2) is 0 Å². The van der Waals surface area contributed by atoms with Crippen LogP contribution >= 0.6 is 0 Å². The lowest BCUT2D eigenvalue weighted by Gasteiger charge is -2.39. The van der Waals surface area contributed by atoms with Gasteiger partial charge in [-0.1, -0.05) is 31.4 Å². The van der Waals surface area contributed by atoms with Gasteiger partial charge in [0.1, 0.15) is 11.6 Å². The van der Waals surface area contributed by atoms with Gasteiger partial charge in [-0.3, -0.25) is 4.79 Å². The van der Waals surface area contributed by atoms with E-state index in [1.54, 1.807) is 23.5 Å². The Morgan fingerprint density at radius 2 is 1.73 bits per heavy atom. The summed E-state index contributed by atoms with van der Waals surface area (Å²) in [4.78, 5) is 13.9. The number of hydrogen-bond donors (Lipinski definition) is 2. The van der Waals surface area contributed by atoms with E-state index >= 15 is 0 Å². The topological polar surface area (TPSA) is 102 Å². The average molecular weight is 592 g/mol. The molecule has 2 aliphatic heterocycles. The van der Waals surface area contributed by atoms with Crippen molar-refractivity contribution in [1.29, 1.82) is 0 Å². The highest BCUT2D eigenvalue weighted by atomic mass is 32.2. The first-order valence-electron chi connectivity index (χ1n) is 16.0. The van der Waals surface area contributed by atoms with E-state index in [0.717, 1.165) is 89.2 Å². The minimum Gasteiger partial charge on any atom is -0.381 e. The number of nitrogens with one attached hydrogen (secondary N) is 1. The zero-order valence-electron chi connectivity index (χ0n) is 24.7. The smallest absolute Gasteiger partial charge is 0.214 e. The number of carbonyl (C=O) groups excluding carboxylic acids is 1. The maximum atomic E-state index is 13.9. The number of Topliss-reactive ketones (excluding diaryl/α,β-unsaturated/α-hetero) is 1. The second-order valence-corrected chi connectivity index (χ2v) is 15.3. The van der Waals surface area contributed by atoms with Crippen LogP contribution in [0.15, 0.2) is 24.3 Å². The first-order chi connectivity index (χ1) is 19.7. The Morgan fingerprint density at radius 1 is 1.02 bits per heavy atom. The Bertz CT molecular complexity index is 1110. The number of ether oxygens (including phenoxy) is 1. The maximum Gasteiger partial charge on any atom is 0.214 e. The van der Waals surface area contributed by atoms with E-state index in [1.165, 1.54) is 12.1 Å². The first kappa shape index (κ1) is 31.0. The van der Waals surface area contributed by atoms with E-state index in [4.69, 9.17) is 10.5 Å². The molecule has 2 aliphatic carbocycles. The van der Waals surface area contributed by atoms with Gasteiger partial charge in [-0.2, -0.15) is 4.31 Å². The monoisotopic (exact) mass is 591 g/mol. The fourth-order valence-electron chi connectivity index (χ4n) is 8.32. The predicted octanol–water partition coefficient (Wildman–Crippen LogP) is 4.75. The summed E-state index contributed by atoms with van der Waals surface area (Å²) in [5.41, 5.74) is 7.78. The molecule has 4 aliphatic rings. The molecule has 7 nitrogen and oxygen atoms in total. The molecule has 4 fully saturated rings. The van der Waals surface area contributed by atoms with Crippen LogP contribution in [0.5, 0.6) is 0 Å². The molecule has 1 unspecified atom stereocenters. The van der Waals surface area contributed by atoms with Crippen LogP contribution in [-0.2, 0) is 19.6 Å². The Hall–Kier alpha value is -1.39. The zero-order valence-corrected chi connectivity index (χ0v) is 25.5. The summed E-state index contributed by atoms with van der Waals surface area (Å²) in [5, 5.41) is 3.59. The molecule has 2 saturated carbocycles. The number of sulfonamides is 1. The summed E-state index contributed by atoms with van der Waals surface area (Å²) < 4.78 is 47.0. The van der Waals surface area contributed by atoms with Gasteiger partial charge < -0.3 is 15.8 Å². The lowest BCUT2D eigenvalue weighted by molar-refractivity contribution is -0.123. The van der Waals surface area contributed by atoms with Gasteiger partial charge in [0.05, 0.1) is 17.9 Å². The van der Waals surface area contributed by atoms with E-state index in [0.29, 0.717) is 18.9 Å². The van der Waals surface area contributed by atoms with E-state index in [-0.39, 0.29) is 53.3 Å². The van der Waals surface area contributed by atoms with Gasteiger partial charge in [0.2, 0.25) is 10.0 Å². The third kappa shape index (κ3) is 7.58. The predicted molar refractivity (Wildman–Crippen MR) is 159 cm³/mol. The van der Waals surface area contributed by atoms with Gasteiger partial charge in [-0.25, -0.2) is 12.8 Å². The minimum absolute atomic E-state index is 0.0000284. The highest BCUT2D eigenvalue weighted by Crippen LogP contribution is 2.41. The van der Waals surface area contributed by atoms with Gasteiger partial charge in [-0.05, 0) is 93.2 Å². The number of fused-ring (bicyclic) bond motifs is 2. The second kappa shape index (κ2) is 13.9. The number of methoxy groups -OCH3 is 1. The van der Waals surface area contributed by atoms with E-state index in [1.807, 2.05) is 0 Å². The Balaban J connectivity index is 1.24. The van der Waals surface area contributed by atoms with Crippen LogP contribution in [0.25, 0.3) is 0 Å². The number of carbonyl (C=O) groups is 1. The quantitative estimate of drug-likeness (QED) is 0.407. The van der Waals surface area contributed by atoms with E-state index in [9.17, 15) is 17.6 Å². The molecule has 1 aromatic rings. The number of halogens is 1. The summed E-state index contributed by atoms with van der Waals surface area (Å²) in [6.45, 7) is 1.31. The van der Waals surface area contributed by atoms with Crippen LogP contribution in [0, 0.1) is 23.6 Å². The zero-order chi connectivity index (χ0) is 29.0. The Kier molecular flexibility index (Phi) is 10.6. The molecular weight excluding hydrogens is 541 g/mol. The van der Waals surface area contributed by atoms with Crippen molar-refractivity contribution in [1.82, 2.24) is 9.62 Å². The third-order valence-corrected chi connectivity index (χ3v) is 12.7. The van der Waals surface area contributed by atoms with Crippen LogP contribution in [0.3, 0.4) is 0 Å². The standard InChI is InChI=1S/C32H50FN3O4S/c1-40-29-16-11-24(12-17-29)31(23-8-13-26(33)14-9-23)32(34)30(37)19-25-6-3-2-5-22(25)10-15-28-20-35-27-7-4-18-41(38,39)36(28)21-27/h8-9,13-14,22,24-25,27-29,31-32,35H,2-7,10-12,15-21,34H2,1H3/t22-,24?,25-,27-,28+,29?,31+,32-/m1/s1. The van der Waals surface area contributed by atoms with Crippen LogP contribution in [0.2, 0.25) is 0 Å². The fourth-order valence-corrected chi connectivity index (χ4v) is 10.1. The average Bonchev–Trinajstić information content (AvgIpc) is 3.09. The Morgan fingerprint density at radius 3 is 2.44 bits per heavy atom. The fraction of sp³-hybridized carbons (Fsp3) is 0.781. The Labute approximate surface area is 246 Å². The van der Waals surface area contributed by atoms with Crippen molar-refractivity contribution in [2.45, 2.75) is 114 Å². The molecule has 0 spiro atoms. The first-order valence-corrected chi connectivity index (χ1v) is 17.7. The molecule has 5 rings (SSSR count). The van der Waals surface area contributed by atoms with Gasteiger partial charge in [0.25, 0.3) is 0 Å². The van der Waals surface area contributed by atoms with E-state index in [2.05, 4.69) is 5.32 Å². The van der Waals surface area contributed by atoms with E-state index < -0.39 is 16.1 Å². The summed E-state index contributed by atoms with van der Waals surface area (Å²) >= 11 is 0. The van der Waals surface area contributed by atoms with Crippen molar-refractivity contribution in [3.05, 3.63) is 35.6 Å². The molecule has 0 aromatic heterocycles. The molecule has 41 heavy (non-hydrogen) atoms. The van der Waals surface area contributed by atoms with Crippen molar-refractivity contribution in [3.8, 4) is 0 Å². The van der Waals surface area contributed by atoms with Gasteiger partial charge in [-0.15, -0.1) is 0 Å². The minimum atomic E-state index is -3.20. The second-order valence-electron chi connectivity index (χ2n) is 13.2. The molecule has 2 bridgehead atoms. The number of nitrogens with zero attached hydrogens (tertiary/aromatic N) is 1. The molecule has 9 heteroatoms. The summed E-state index contributed by atoms with van der Waals surface area (Å²) in [7, 11) is -1.44. The molecule has 1 aromatic carbocycles. The molecule has 7 atom stereocenters. The SMILES string of the molecule is COC1CCC([C@H](c2ccc(F)cc2)[C@H](N)C(=O)C[C@H]2CCCC[C@@H]2CC[C@H]2CN[C@@H]3CCCS(=O)(=O)N2C3)CC1. The highest BCUT2D eigenvalue weighted by Gasteiger charge is 2.40. The molecule has 230 valence electrons. The van der Waals surface area contributed by atoms with Crippen LogP contribution in [0.1, 0.15) is 95.0 Å². The molecule has 3 N–H and O–H groups in total. The molecule has 0 amide bonds. The molecular formula is C32H50FN3O4S. The highest BCUT2D eigenvalue weighted by molar-refractivity contribution is 7.89. The number of ketones is 1. The van der Waals surface area contributed by atoms with Crippen molar-refractivity contribution >= 4 is 15.8 Å². The normalized spacial score (nSPS) is 35.2. The van der Waals surface area contributed by atoms with Crippen molar-refractivity contribution in [2.24, 2.45) is 23.5 Å². The number of rotatable bonds is 10. The molecule has 2 heterocycles. The third-order valence-electron chi connectivity index (χ3n) is 10.7. The number of benzene rings is 1. The van der Waals surface area contributed by atoms with Crippen LogP contribution < -0.4 is 11.1 Å². The summed E-state index contributed by atoms with van der Waals surface area (Å²) in [6.07, 6.45) is 12.4. The van der Waals surface area contributed by atoms with Gasteiger partial charge in [0, 0.05) is 44.6 Å². The number of hydrogen-bond acceptors (Lipinski definition) is 6. The lowest BCUT2D eigenvalue weighted by Crippen LogP contribution is -2.57. The lowest BCUT2D eigenvalue weighted by atomic mass is 9.69. The largest absolute Gasteiger partial charge is 0.381 e. The van der Waals surface area contributed by atoms with Crippen molar-refractivity contribution < 1.29 is 22.3 Å². The summed E-state index contributed by atoms with van der Waals surface area (Å²) in [5.74, 6) is 0.921. The number of piperazine rings is 1. The maximum absolute atomic E-state index is 13.9. The van der Waals surface area contributed by atoms with Crippen LogP contribution in [0.4, 0.5) is 4.39 Å². The van der Waals surface area contributed by atoms with Crippen molar-refractivity contribution in [3.63, 3.8) is 0 Å². The number of nitrogens with two attached hydrogens (primary N) is 1. The summed E-state index contributed by atoms with van der Waals surface area (Å²) in [6, 6.07) is 6.21. The van der Waals surface area contributed by atoms with Gasteiger partial charge >= 0.3 is 0 Å². The van der Waals surface area contributed by atoms with Crippen molar-refractivity contribution in [2.75, 3.05) is 26.0 Å². The molecule has 2 saturated heterocycles. The van der Waals surface area contributed by atoms with Crippen LogP contribution in [-0.4, -0.2) is 68.7 Å².